The Kier molecular flexibility index (Phi) is 6.65. The van der Waals surface area contributed by atoms with Crippen molar-refractivity contribution in [3.63, 3.8) is 0 Å². The summed E-state index contributed by atoms with van der Waals surface area (Å²) in [5, 5.41) is 0. The van der Waals surface area contributed by atoms with Crippen LogP contribution in [-0.4, -0.2) is 23.3 Å². The van der Waals surface area contributed by atoms with Crippen molar-refractivity contribution in [2.75, 3.05) is 0 Å². The number of hydrogen-bond donors (Lipinski definition) is 0. The molecule has 29 heavy (non-hydrogen) atoms. The summed E-state index contributed by atoms with van der Waals surface area (Å²) in [4.78, 5) is 23.0. The lowest BCUT2D eigenvalue weighted by Crippen LogP contribution is -2.52. The second kappa shape index (κ2) is 8.85. The summed E-state index contributed by atoms with van der Waals surface area (Å²) in [5.74, 6) is 0.231. The quantitative estimate of drug-likeness (QED) is 0.335. The van der Waals surface area contributed by atoms with Crippen molar-refractivity contribution in [2.45, 2.75) is 84.0 Å². The highest BCUT2D eigenvalue weighted by Gasteiger charge is 2.55. The molecule has 2 saturated heterocycles. The number of carbonyl (C=O) groups excluding carboxylic acids is 1. The van der Waals surface area contributed by atoms with Crippen LogP contribution in [0.25, 0.3) is 0 Å². The van der Waals surface area contributed by atoms with E-state index in [2.05, 4.69) is 64.1 Å². The number of ether oxygens (including phenoxy) is 1. The van der Waals surface area contributed by atoms with E-state index >= 15 is 0 Å². The lowest BCUT2D eigenvalue weighted by molar-refractivity contribution is -0.429. The molecular formula is C25H34O4. The van der Waals surface area contributed by atoms with E-state index in [4.69, 9.17) is 14.5 Å². The average Bonchev–Trinajstić information content (AvgIpc) is 2.92. The summed E-state index contributed by atoms with van der Waals surface area (Å²) >= 11 is 0. The average molecular weight is 399 g/mol. The maximum atomic E-state index is 11.7. The lowest BCUT2D eigenvalue weighted by Gasteiger charge is -2.44. The van der Waals surface area contributed by atoms with Crippen LogP contribution in [0.3, 0.4) is 0 Å². The summed E-state index contributed by atoms with van der Waals surface area (Å²) in [6.07, 6.45) is 8.00. The van der Waals surface area contributed by atoms with E-state index in [0.29, 0.717) is 12.3 Å². The molecule has 0 aliphatic carbocycles. The Hall–Kier alpha value is -1.91. The van der Waals surface area contributed by atoms with Gasteiger partial charge >= 0.3 is 5.97 Å². The maximum absolute atomic E-state index is 11.7. The van der Waals surface area contributed by atoms with E-state index in [-0.39, 0.29) is 18.5 Å². The molecule has 0 N–H and O–H groups in total. The largest absolute Gasteiger partial charge is 0.456 e. The Morgan fingerprint density at radius 2 is 1.97 bits per heavy atom. The predicted molar refractivity (Wildman–Crippen MR) is 114 cm³/mol. The third kappa shape index (κ3) is 5.80. The second-order valence-electron chi connectivity index (χ2n) is 9.43. The minimum Gasteiger partial charge on any atom is -0.456 e. The van der Waals surface area contributed by atoms with Gasteiger partial charge in [-0.3, -0.25) is 4.79 Å². The molecular weight excluding hydrogens is 364 g/mol. The molecule has 2 aliphatic rings. The third-order valence-electron chi connectivity index (χ3n) is 5.90. The predicted octanol–water partition coefficient (Wildman–Crippen LogP) is 5.72. The summed E-state index contributed by atoms with van der Waals surface area (Å²) in [6, 6.07) is 10.5. The van der Waals surface area contributed by atoms with Gasteiger partial charge in [-0.25, -0.2) is 9.78 Å². The maximum Gasteiger partial charge on any atom is 0.309 e. The number of esters is 1. The van der Waals surface area contributed by atoms with Gasteiger partial charge in [0.15, 0.2) is 0 Å². The topological polar surface area (TPSA) is 44.8 Å². The molecule has 0 amide bonds. The number of rotatable bonds is 7. The molecule has 2 aliphatic heterocycles. The van der Waals surface area contributed by atoms with Crippen molar-refractivity contribution >= 4 is 5.97 Å². The van der Waals surface area contributed by atoms with E-state index < -0.39 is 11.2 Å². The number of allylic oxidation sites excluding steroid dienone is 4. The molecule has 4 unspecified atom stereocenters. The smallest absolute Gasteiger partial charge is 0.309 e. The highest BCUT2D eigenvalue weighted by molar-refractivity contribution is 5.73. The van der Waals surface area contributed by atoms with E-state index in [1.165, 1.54) is 16.7 Å². The van der Waals surface area contributed by atoms with Crippen LogP contribution in [0, 0.1) is 5.92 Å². The highest BCUT2D eigenvalue weighted by atomic mass is 17.2. The van der Waals surface area contributed by atoms with Crippen LogP contribution in [0.1, 0.15) is 65.9 Å². The van der Waals surface area contributed by atoms with Gasteiger partial charge in [0.2, 0.25) is 0 Å². The van der Waals surface area contributed by atoms with Gasteiger partial charge in [-0.1, -0.05) is 60.6 Å². The monoisotopic (exact) mass is 398 g/mol. The molecule has 1 aromatic rings. The molecule has 3 rings (SSSR count). The van der Waals surface area contributed by atoms with E-state index in [0.717, 1.165) is 19.3 Å². The Bertz CT molecular complexity index is 781. The van der Waals surface area contributed by atoms with Crippen LogP contribution in [-0.2, 0) is 25.7 Å². The molecule has 4 atom stereocenters. The van der Waals surface area contributed by atoms with Crippen LogP contribution in [0.2, 0.25) is 0 Å². The second-order valence-corrected chi connectivity index (χ2v) is 9.43. The van der Waals surface area contributed by atoms with Gasteiger partial charge < -0.3 is 4.74 Å². The van der Waals surface area contributed by atoms with E-state index in [9.17, 15) is 4.79 Å². The van der Waals surface area contributed by atoms with Crippen molar-refractivity contribution in [3.8, 4) is 0 Å². The van der Waals surface area contributed by atoms with Gasteiger partial charge in [0.05, 0.1) is 6.42 Å². The summed E-state index contributed by atoms with van der Waals surface area (Å²) in [5.41, 5.74) is 2.94. The Morgan fingerprint density at radius 1 is 1.24 bits per heavy atom. The summed E-state index contributed by atoms with van der Waals surface area (Å²) in [6.45, 7) is 10.6. The fourth-order valence-corrected chi connectivity index (χ4v) is 4.83. The zero-order chi connectivity index (χ0) is 21.1. The van der Waals surface area contributed by atoms with Gasteiger partial charge in [0.25, 0.3) is 0 Å². The molecule has 2 heterocycles. The van der Waals surface area contributed by atoms with E-state index in [1.807, 2.05) is 13.0 Å². The van der Waals surface area contributed by atoms with Crippen molar-refractivity contribution in [1.82, 2.24) is 0 Å². The minimum atomic E-state index is -0.578. The molecule has 0 radical (unpaired) electrons. The molecule has 0 aromatic heterocycles. The molecule has 2 fully saturated rings. The standard InChI is InChI=1S/C25H34O4/c1-18(11-12-21-9-7-6-8-10-21)13-19(2)14-20(3)16-24(4)17-25(5)22(28-29-24)15-23(26)27-25/h6-11,13,20,22H,12,14-17H2,1-5H3. The minimum absolute atomic E-state index is 0.199. The SMILES string of the molecule is CC(=CCc1ccccc1)C=C(C)CC(C)CC1(C)CC2(C)OC(=O)CC2OO1. The highest BCUT2D eigenvalue weighted by Crippen LogP contribution is 2.44. The van der Waals surface area contributed by atoms with E-state index in [1.54, 1.807) is 0 Å². The molecule has 0 bridgehead atoms. The molecule has 4 nitrogen and oxygen atoms in total. The molecule has 4 heteroatoms. The van der Waals surface area contributed by atoms with Gasteiger partial charge in [-0.05, 0) is 58.4 Å². The Balaban J connectivity index is 1.53. The van der Waals surface area contributed by atoms with Gasteiger partial charge in [0.1, 0.15) is 17.3 Å². The number of benzene rings is 1. The summed E-state index contributed by atoms with van der Waals surface area (Å²) < 4.78 is 5.56. The van der Waals surface area contributed by atoms with Crippen LogP contribution in [0.4, 0.5) is 0 Å². The van der Waals surface area contributed by atoms with Crippen LogP contribution in [0.5, 0.6) is 0 Å². The first-order valence-electron chi connectivity index (χ1n) is 10.6. The van der Waals surface area contributed by atoms with Gasteiger partial charge in [-0.2, -0.15) is 0 Å². The van der Waals surface area contributed by atoms with Crippen LogP contribution in [0.15, 0.2) is 53.6 Å². The molecule has 158 valence electrons. The van der Waals surface area contributed by atoms with Crippen molar-refractivity contribution < 1.29 is 19.3 Å². The lowest BCUT2D eigenvalue weighted by atomic mass is 9.79. The van der Waals surface area contributed by atoms with Gasteiger partial charge in [-0.15, -0.1) is 0 Å². The first kappa shape index (κ1) is 21.8. The zero-order valence-electron chi connectivity index (χ0n) is 18.4. The molecule has 0 spiro atoms. The first-order chi connectivity index (χ1) is 13.7. The fraction of sp³-hybridized carbons (Fsp3) is 0.560. The van der Waals surface area contributed by atoms with Crippen molar-refractivity contribution in [2.24, 2.45) is 5.92 Å². The van der Waals surface area contributed by atoms with Crippen LogP contribution < -0.4 is 0 Å². The zero-order valence-corrected chi connectivity index (χ0v) is 18.4. The normalized spacial score (nSPS) is 31.3. The van der Waals surface area contributed by atoms with Gasteiger partial charge in [0, 0.05) is 6.42 Å². The number of fused-ring (bicyclic) bond motifs is 1. The van der Waals surface area contributed by atoms with Crippen molar-refractivity contribution in [3.05, 3.63) is 59.2 Å². The Morgan fingerprint density at radius 3 is 2.69 bits per heavy atom. The van der Waals surface area contributed by atoms with Crippen molar-refractivity contribution in [1.29, 1.82) is 0 Å². The molecule has 1 aromatic carbocycles. The molecule has 0 saturated carbocycles. The number of hydrogen-bond acceptors (Lipinski definition) is 4. The summed E-state index contributed by atoms with van der Waals surface area (Å²) in [7, 11) is 0. The third-order valence-corrected chi connectivity index (χ3v) is 5.90. The Labute approximate surface area is 174 Å². The number of carbonyl (C=O) groups is 1. The first-order valence-corrected chi connectivity index (χ1v) is 10.6. The van der Waals surface area contributed by atoms with Crippen LogP contribution >= 0.6 is 0 Å². The fourth-order valence-electron chi connectivity index (χ4n) is 4.83.